The maximum atomic E-state index is 12.8. The minimum atomic E-state index is -0.227. The summed E-state index contributed by atoms with van der Waals surface area (Å²) in [4.78, 5) is 19.9. The molecule has 0 atom stereocenters. The molecule has 0 bridgehead atoms. The van der Waals surface area contributed by atoms with Crippen LogP contribution >= 0.6 is 11.8 Å². The summed E-state index contributed by atoms with van der Waals surface area (Å²) in [7, 11) is 0. The Balaban J connectivity index is 1.32. The van der Waals surface area contributed by atoms with Crippen LogP contribution in [0.3, 0.4) is 0 Å². The van der Waals surface area contributed by atoms with Gasteiger partial charge in [-0.3, -0.25) is 4.79 Å². The average molecular weight is 523 g/mol. The van der Waals surface area contributed by atoms with Crippen molar-refractivity contribution in [2.45, 2.75) is 6.61 Å². The molecule has 3 aromatic carbocycles. The van der Waals surface area contributed by atoms with Crippen LogP contribution in [0.25, 0.3) is 23.0 Å². The fourth-order valence-corrected chi connectivity index (χ4v) is 5.29. The van der Waals surface area contributed by atoms with Gasteiger partial charge in [-0.1, -0.05) is 60.7 Å². The van der Waals surface area contributed by atoms with Crippen molar-refractivity contribution in [3.63, 3.8) is 0 Å². The molecule has 38 heavy (non-hydrogen) atoms. The molecule has 0 saturated carbocycles. The molecule has 7 nitrogen and oxygen atoms in total. The third kappa shape index (κ3) is 5.41. The van der Waals surface area contributed by atoms with Crippen molar-refractivity contribution < 1.29 is 14.3 Å². The SMILES string of the molecule is O=C1N=C(N2CCOCC2)S/C1=C\c1cn(-c2ccccc2)nc1-c1cccc(OCc2ccccc2)c1. The quantitative estimate of drug-likeness (QED) is 0.315. The van der Waals surface area contributed by atoms with Gasteiger partial charge in [-0.25, -0.2) is 4.68 Å². The third-order valence-electron chi connectivity index (χ3n) is 6.30. The lowest BCUT2D eigenvalue weighted by Crippen LogP contribution is -2.38. The van der Waals surface area contributed by atoms with Crippen LogP contribution in [0.1, 0.15) is 11.1 Å². The van der Waals surface area contributed by atoms with Crippen molar-refractivity contribution in [2.24, 2.45) is 4.99 Å². The van der Waals surface area contributed by atoms with Gasteiger partial charge in [-0.2, -0.15) is 10.1 Å². The molecule has 0 spiro atoms. The molecule has 190 valence electrons. The Hall–Kier alpha value is -4.14. The number of carbonyl (C=O) groups is 1. The Morgan fingerprint density at radius 2 is 1.71 bits per heavy atom. The van der Waals surface area contributed by atoms with Crippen molar-refractivity contribution in [2.75, 3.05) is 26.3 Å². The van der Waals surface area contributed by atoms with Gasteiger partial charge in [-0.15, -0.1) is 0 Å². The molecule has 0 radical (unpaired) electrons. The van der Waals surface area contributed by atoms with E-state index < -0.39 is 0 Å². The van der Waals surface area contributed by atoms with E-state index in [0.29, 0.717) is 24.7 Å². The summed E-state index contributed by atoms with van der Waals surface area (Å²) < 4.78 is 13.4. The number of para-hydroxylation sites is 1. The summed E-state index contributed by atoms with van der Waals surface area (Å²) in [6, 6.07) is 27.9. The predicted octanol–water partition coefficient (Wildman–Crippen LogP) is 5.42. The van der Waals surface area contributed by atoms with Gasteiger partial charge in [0.25, 0.3) is 5.91 Å². The van der Waals surface area contributed by atoms with Gasteiger partial charge in [-0.05, 0) is 47.7 Å². The fourth-order valence-electron chi connectivity index (χ4n) is 4.33. The molecule has 0 aliphatic carbocycles. The first kappa shape index (κ1) is 24.2. The monoisotopic (exact) mass is 522 g/mol. The van der Waals surface area contributed by atoms with Crippen molar-refractivity contribution >= 4 is 28.9 Å². The molecule has 3 heterocycles. The van der Waals surface area contributed by atoms with Crippen LogP contribution in [-0.4, -0.2) is 52.1 Å². The van der Waals surface area contributed by atoms with Crippen LogP contribution in [0, 0.1) is 0 Å². The number of hydrogen-bond donors (Lipinski definition) is 0. The number of carbonyl (C=O) groups excluding carboxylic acids is 1. The second-order valence-electron chi connectivity index (χ2n) is 8.92. The first-order valence-corrected chi connectivity index (χ1v) is 13.3. The number of amides is 1. The molecule has 1 saturated heterocycles. The number of aromatic nitrogens is 2. The lowest BCUT2D eigenvalue weighted by Gasteiger charge is -2.27. The smallest absolute Gasteiger partial charge is 0.286 e. The van der Waals surface area contributed by atoms with Gasteiger partial charge in [0.05, 0.1) is 23.8 Å². The molecular weight excluding hydrogens is 496 g/mol. The molecule has 8 heteroatoms. The van der Waals surface area contributed by atoms with Crippen molar-refractivity contribution in [3.05, 3.63) is 107 Å². The van der Waals surface area contributed by atoms with Crippen LogP contribution in [-0.2, 0) is 16.1 Å². The molecule has 1 aromatic heterocycles. The Morgan fingerprint density at radius 3 is 2.50 bits per heavy atom. The van der Waals surface area contributed by atoms with E-state index in [0.717, 1.165) is 52.1 Å². The molecule has 2 aliphatic heterocycles. The van der Waals surface area contributed by atoms with Gasteiger partial charge in [0, 0.05) is 30.4 Å². The first-order valence-electron chi connectivity index (χ1n) is 12.5. The largest absolute Gasteiger partial charge is 0.489 e. The predicted molar refractivity (Wildman–Crippen MR) is 150 cm³/mol. The van der Waals surface area contributed by atoms with E-state index in [-0.39, 0.29) is 5.91 Å². The lowest BCUT2D eigenvalue weighted by molar-refractivity contribution is -0.113. The van der Waals surface area contributed by atoms with E-state index in [1.165, 1.54) is 11.8 Å². The highest BCUT2D eigenvalue weighted by Gasteiger charge is 2.28. The third-order valence-corrected chi connectivity index (χ3v) is 7.34. The van der Waals surface area contributed by atoms with Crippen LogP contribution < -0.4 is 4.74 Å². The number of hydrogen-bond acceptors (Lipinski definition) is 6. The summed E-state index contributed by atoms with van der Waals surface area (Å²) in [5.41, 5.74) is 4.54. The van der Waals surface area contributed by atoms with Crippen LogP contribution in [0.2, 0.25) is 0 Å². The zero-order chi connectivity index (χ0) is 25.7. The van der Waals surface area contributed by atoms with Gasteiger partial charge in [0.1, 0.15) is 18.1 Å². The van der Waals surface area contributed by atoms with E-state index in [9.17, 15) is 4.79 Å². The van der Waals surface area contributed by atoms with Gasteiger partial charge < -0.3 is 14.4 Å². The number of nitrogens with zero attached hydrogens (tertiary/aromatic N) is 4. The highest BCUT2D eigenvalue weighted by atomic mass is 32.2. The highest BCUT2D eigenvalue weighted by Crippen LogP contribution is 2.34. The first-order chi connectivity index (χ1) is 18.7. The number of thioether (sulfide) groups is 1. The minimum absolute atomic E-state index is 0.227. The number of amidine groups is 1. The van der Waals surface area contributed by atoms with Crippen LogP contribution in [0.4, 0.5) is 0 Å². The second-order valence-corrected chi connectivity index (χ2v) is 9.93. The average Bonchev–Trinajstić information content (AvgIpc) is 3.57. The zero-order valence-electron chi connectivity index (χ0n) is 20.7. The maximum Gasteiger partial charge on any atom is 0.286 e. The topological polar surface area (TPSA) is 69.0 Å². The normalized spacial score (nSPS) is 16.6. The second kappa shape index (κ2) is 11.1. The van der Waals surface area contributed by atoms with Gasteiger partial charge >= 0.3 is 0 Å². The Bertz CT molecular complexity index is 1490. The summed E-state index contributed by atoms with van der Waals surface area (Å²) in [6.45, 7) is 3.23. The zero-order valence-corrected chi connectivity index (χ0v) is 21.5. The Labute approximate surface area is 225 Å². The summed E-state index contributed by atoms with van der Waals surface area (Å²) in [5.74, 6) is 0.526. The summed E-state index contributed by atoms with van der Waals surface area (Å²) in [5, 5.41) is 5.65. The Morgan fingerprint density at radius 1 is 0.947 bits per heavy atom. The fraction of sp³-hybridized carbons (Fsp3) is 0.167. The van der Waals surface area contributed by atoms with E-state index in [4.69, 9.17) is 14.6 Å². The van der Waals surface area contributed by atoms with Crippen molar-refractivity contribution in [3.8, 4) is 22.7 Å². The molecule has 2 aliphatic rings. The van der Waals surface area contributed by atoms with E-state index in [1.807, 2.05) is 102 Å². The number of ether oxygens (including phenoxy) is 2. The number of morpholine rings is 1. The van der Waals surface area contributed by atoms with Crippen LogP contribution in [0.15, 0.2) is 101 Å². The number of aliphatic imine (C=N–C) groups is 1. The highest BCUT2D eigenvalue weighted by molar-refractivity contribution is 8.18. The van der Waals surface area contributed by atoms with E-state index in [2.05, 4.69) is 9.89 Å². The Kier molecular flexibility index (Phi) is 7.06. The molecule has 0 N–H and O–H groups in total. The molecule has 6 rings (SSSR count). The molecule has 4 aromatic rings. The molecule has 0 unspecified atom stereocenters. The number of benzene rings is 3. The van der Waals surface area contributed by atoms with E-state index in [1.54, 1.807) is 0 Å². The summed E-state index contributed by atoms with van der Waals surface area (Å²) in [6.07, 6.45) is 3.85. The minimum Gasteiger partial charge on any atom is -0.489 e. The van der Waals surface area contributed by atoms with E-state index >= 15 is 0 Å². The van der Waals surface area contributed by atoms with Gasteiger partial charge in [0.15, 0.2) is 5.17 Å². The van der Waals surface area contributed by atoms with Crippen molar-refractivity contribution in [1.82, 2.24) is 14.7 Å². The summed E-state index contributed by atoms with van der Waals surface area (Å²) >= 11 is 1.41. The lowest BCUT2D eigenvalue weighted by atomic mass is 10.1. The molecule has 1 fully saturated rings. The van der Waals surface area contributed by atoms with Crippen molar-refractivity contribution in [1.29, 1.82) is 0 Å². The standard InChI is InChI=1S/C30H26N4O3S/c35-29-27(38-30(31-29)33-14-16-36-17-15-33)19-24-20-34(25-11-5-2-6-12-25)32-28(24)23-10-7-13-26(18-23)37-21-22-8-3-1-4-9-22/h1-13,18-20H,14-17,21H2/b27-19-. The molecule has 1 amide bonds. The number of rotatable bonds is 6. The molecular formula is C30H26N4O3S. The van der Waals surface area contributed by atoms with Gasteiger partial charge in [0.2, 0.25) is 0 Å². The maximum absolute atomic E-state index is 12.8. The van der Waals surface area contributed by atoms with Crippen LogP contribution in [0.5, 0.6) is 5.75 Å².